The Bertz CT molecular complexity index is 864. The number of ether oxygens (including phenoxy) is 1. The van der Waals surface area contributed by atoms with E-state index in [-0.39, 0.29) is 23.0 Å². The number of nitrogens with two attached hydrogens (primary N) is 1. The van der Waals surface area contributed by atoms with E-state index >= 15 is 0 Å². The molecular weight excluding hydrogens is 398 g/mol. The summed E-state index contributed by atoms with van der Waals surface area (Å²) in [6, 6.07) is 15.6. The van der Waals surface area contributed by atoms with Gasteiger partial charge in [-0.1, -0.05) is 12.1 Å². The maximum absolute atomic E-state index is 12.6. The lowest BCUT2D eigenvalue weighted by molar-refractivity contribution is -0.123. The maximum atomic E-state index is 12.6. The highest BCUT2D eigenvalue weighted by atomic mass is 32.2. The summed E-state index contributed by atoms with van der Waals surface area (Å²) < 4.78 is 5.17. The molecule has 0 spiro atoms. The first kappa shape index (κ1) is 22.2. The summed E-state index contributed by atoms with van der Waals surface area (Å²) in [5.41, 5.74) is 7.35. The van der Waals surface area contributed by atoms with Crippen LogP contribution in [0.4, 0.5) is 5.69 Å². The van der Waals surface area contributed by atoms with E-state index in [4.69, 9.17) is 10.5 Å². The second kappa shape index (κ2) is 10.5. The SMILES string of the molecule is COc1ccc(SC(C)C(=O)Nc2cccc(CN3CCC(C(N)=O)CC3)c2)cc1. The number of amides is 2. The lowest BCUT2D eigenvalue weighted by atomic mass is 9.96. The predicted octanol–water partition coefficient (Wildman–Crippen LogP) is 3.51. The third-order valence-corrected chi connectivity index (χ3v) is 6.44. The van der Waals surface area contributed by atoms with Crippen molar-refractivity contribution in [1.29, 1.82) is 0 Å². The van der Waals surface area contributed by atoms with Crippen LogP contribution in [-0.4, -0.2) is 42.2 Å². The number of rotatable bonds is 8. The molecule has 1 saturated heterocycles. The third kappa shape index (κ3) is 6.24. The molecule has 0 aromatic heterocycles. The first-order chi connectivity index (χ1) is 14.4. The molecule has 7 heteroatoms. The van der Waals surface area contributed by atoms with Crippen LogP contribution >= 0.6 is 11.8 Å². The Kier molecular flexibility index (Phi) is 7.76. The highest BCUT2D eigenvalue weighted by Gasteiger charge is 2.23. The van der Waals surface area contributed by atoms with E-state index < -0.39 is 0 Å². The molecule has 2 aromatic rings. The van der Waals surface area contributed by atoms with Crippen LogP contribution in [0.2, 0.25) is 0 Å². The summed E-state index contributed by atoms with van der Waals surface area (Å²) in [5.74, 6) is 0.569. The van der Waals surface area contributed by atoms with Gasteiger partial charge in [-0.3, -0.25) is 14.5 Å². The molecule has 3 rings (SSSR count). The molecule has 3 N–H and O–H groups in total. The minimum atomic E-state index is -0.227. The van der Waals surface area contributed by atoms with Gasteiger partial charge in [0.05, 0.1) is 12.4 Å². The van der Waals surface area contributed by atoms with Gasteiger partial charge >= 0.3 is 0 Å². The van der Waals surface area contributed by atoms with E-state index in [2.05, 4.69) is 16.3 Å². The summed E-state index contributed by atoms with van der Waals surface area (Å²) in [4.78, 5) is 27.3. The standard InChI is InChI=1S/C23H29N3O3S/c1-16(30-21-8-6-20(29-2)7-9-21)23(28)25-19-5-3-4-17(14-19)15-26-12-10-18(11-13-26)22(24)27/h3-9,14,16,18H,10-13,15H2,1-2H3,(H2,24,27)(H,25,28). The minimum Gasteiger partial charge on any atom is -0.497 e. The molecule has 0 radical (unpaired) electrons. The predicted molar refractivity (Wildman–Crippen MR) is 121 cm³/mol. The molecule has 2 amide bonds. The molecular formula is C23H29N3O3S. The number of methoxy groups -OCH3 is 1. The Morgan fingerprint density at radius 1 is 1.20 bits per heavy atom. The molecule has 2 aromatic carbocycles. The molecule has 1 fully saturated rings. The smallest absolute Gasteiger partial charge is 0.237 e. The van der Waals surface area contributed by atoms with Gasteiger partial charge < -0.3 is 15.8 Å². The molecule has 160 valence electrons. The van der Waals surface area contributed by atoms with Crippen molar-refractivity contribution in [2.24, 2.45) is 11.7 Å². The average Bonchev–Trinajstić information content (AvgIpc) is 2.75. The van der Waals surface area contributed by atoms with Crippen molar-refractivity contribution in [1.82, 2.24) is 4.90 Å². The number of benzene rings is 2. The summed E-state index contributed by atoms with van der Waals surface area (Å²) in [6.45, 7) is 4.42. The lowest BCUT2D eigenvalue weighted by Gasteiger charge is -2.30. The zero-order chi connectivity index (χ0) is 21.5. The first-order valence-electron chi connectivity index (χ1n) is 10.2. The van der Waals surface area contributed by atoms with Crippen LogP contribution in [0, 0.1) is 5.92 Å². The summed E-state index contributed by atoms with van der Waals surface area (Å²) in [6.07, 6.45) is 1.62. The van der Waals surface area contributed by atoms with Crippen LogP contribution in [0.3, 0.4) is 0 Å². The number of carbonyl (C=O) groups is 2. The number of nitrogens with zero attached hydrogens (tertiary/aromatic N) is 1. The molecule has 0 bridgehead atoms. The van der Waals surface area contributed by atoms with Gasteiger partial charge in [0, 0.05) is 23.0 Å². The molecule has 1 aliphatic rings. The van der Waals surface area contributed by atoms with Crippen molar-refractivity contribution >= 4 is 29.3 Å². The van der Waals surface area contributed by atoms with Crippen molar-refractivity contribution < 1.29 is 14.3 Å². The second-order valence-corrected chi connectivity index (χ2v) is 8.99. The van der Waals surface area contributed by atoms with Crippen LogP contribution in [-0.2, 0) is 16.1 Å². The number of anilines is 1. The van der Waals surface area contributed by atoms with Crippen molar-refractivity contribution in [2.45, 2.75) is 36.5 Å². The topological polar surface area (TPSA) is 84.7 Å². The third-order valence-electron chi connectivity index (χ3n) is 5.33. The van der Waals surface area contributed by atoms with E-state index in [1.54, 1.807) is 7.11 Å². The largest absolute Gasteiger partial charge is 0.497 e. The van der Waals surface area contributed by atoms with Crippen LogP contribution in [0.15, 0.2) is 53.4 Å². The number of likely N-dealkylation sites (tertiary alicyclic amines) is 1. The highest BCUT2D eigenvalue weighted by Crippen LogP contribution is 2.26. The van der Waals surface area contributed by atoms with Gasteiger partial charge in [-0.25, -0.2) is 0 Å². The Morgan fingerprint density at radius 3 is 2.53 bits per heavy atom. The van der Waals surface area contributed by atoms with Crippen molar-refractivity contribution in [3.63, 3.8) is 0 Å². The highest BCUT2D eigenvalue weighted by molar-refractivity contribution is 8.00. The van der Waals surface area contributed by atoms with Gasteiger partial charge in [0.1, 0.15) is 5.75 Å². The Morgan fingerprint density at radius 2 is 1.90 bits per heavy atom. The second-order valence-electron chi connectivity index (χ2n) is 7.58. The first-order valence-corrected chi connectivity index (χ1v) is 11.0. The fourth-order valence-electron chi connectivity index (χ4n) is 3.54. The van der Waals surface area contributed by atoms with Crippen molar-refractivity contribution in [3.8, 4) is 5.75 Å². The number of nitrogens with one attached hydrogen (secondary N) is 1. The fourth-order valence-corrected chi connectivity index (χ4v) is 4.40. The fraction of sp³-hybridized carbons (Fsp3) is 0.391. The number of hydrogen-bond donors (Lipinski definition) is 2. The van der Waals surface area contributed by atoms with Gasteiger partial charge in [0.15, 0.2) is 0 Å². The maximum Gasteiger partial charge on any atom is 0.237 e. The summed E-state index contributed by atoms with van der Waals surface area (Å²) in [5, 5.41) is 2.79. The van der Waals surface area contributed by atoms with Crippen LogP contribution in [0.1, 0.15) is 25.3 Å². The zero-order valence-electron chi connectivity index (χ0n) is 17.5. The summed E-state index contributed by atoms with van der Waals surface area (Å²) >= 11 is 1.51. The Labute approximate surface area is 182 Å². The van der Waals surface area contributed by atoms with E-state index in [0.717, 1.165) is 54.4 Å². The summed E-state index contributed by atoms with van der Waals surface area (Å²) in [7, 11) is 1.63. The zero-order valence-corrected chi connectivity index (χ0v) is 18.3. The lowest BCUT2D eigenvalue weighted by Crippen LogP contribution is -2.38. The minimum absolute atomic E-state index is 0.00318. The van der Waals surface area contributed by atoms with Gasteiger partial charge in [0.2, 0.25) is 11.8 Å². The number of piperidine rings is 1. The van der Waals surface area contributed by atoms with Crippen molar-refractivity contribution in [3.05, 3.63) is 54.1 Å². The molecule has 0 saturated carbocycles. The van der Waals surface area contributed by atoms with E-state index in [9.17, 15) is 9.59 Å². The molecule has 1 heterocycles. The van der Waals surface area contributed by atoms with Gasteiger partial charge in [-0.2, -0.15) is 0 Å². The van der Waals surface area contributed by atoms with Gasteiger partial charge in [-0.05, 0) is 74.8 Å². The number of hydrogen-bond acceptors (Lipinski definition) is 5. The van der Waals surface area contributed by atoms with E-state index in [0.29, 0.717) is 0 Å². The number of thioether (sulfide) groups is 1. The number of primary amides is 1. The van der Waals surface area contributed by atoms with Gasteiger partial charge in [-0.15, -0.1) is 11.8 Å². The molecule has 1 atom stereocenters. The Hall–Kier alpha value is -2.51. The quantitative estimate of drug-likeness (QED) is 0.630. The van der Waals surface area contributed by atoms with Crippen LogP contribution < -0.4 is 15.8 Å². The normalized spacial score (nSPS) is 16.1. The monoisotopic (exact) mass is 427 g/mol. The molecule has 0 aliphatic carbocycles. The Balaban J connectivity index is 1.52. The van der Waals surface area contributed by atoms with Crippen molar-refractivity contribution in [2.75, 3.05) is 25.5 Å². The molecule has 30 heavy (non-hydrogen) atoms. The van der Waals surface area contributed by atoms with E-state index in [1.165, 1.54) is 11.8 Å². The molecule has 6 nitrogen and oxygen atoms in total. The molecule has 1 unspecified atom stereocenters. The molecule has 1 aliphatic heterocycles. The number of carbonyl (C=O) groups excluding carboxylic acids is 2. The van der Waals surface area contributed by atoms with Gasteiger partial charge in [0.25, 0.3) is 0 Å². The van der Waals surface area contributed by atoms with Crippen LogP contribution in [0.5, 0.6) is 5.75 Å². The van der Waals surface area contributed by atoms with E-state index in [1.807, 2.05) is 49.4 Å². The van der Waals surface area contributed by atoms with Crippen LogP contribution in [0.25, 0.3) is 0 Å². The average molecular weight is 428 g/mol.